The molecule has 6 heteroatoms. The summed E-state index contributed by atoms with van der Waals surface area (Å²) in [6, 6.07) is 5.75. The molecule has 104 valence electrons. The zero-order chi connectivity index (χ0) is 14.7. The maximum absolute atomic E-state index is 11.9. The highest BCUT2D eigenvalue weighted by atomic mass is 16.6. The molecule has 20 heavy (non-hydrogen) atoms. The Morgan fingerprint density at radius 2 is 2.05 bits per heavy atom. The van der Waals surface area contributed by atoms with Gasteiger partial charge in [-0.2, -0.15) is 0 Å². The minimum absolute atomic E-state index is 0.284. The summed E-state index contributed by atoms with van der Waals surface area (Å²) in [6.07, 6.45) is 0.811. The second kappa shape index (κ2) is 5.48. The quantitative estimate of drug-likeness (QED) is 0.861. The molecule has 2 rings (SSSR count). The number of hydrogen-bond acceptors (Lipinski definition) is 6. The molecule has 2 aromatic rings. The van der Waals surface area contributed by atoms with Gasteiger partial charge in [0.25, 0.3) is 5.95 Å². The van der Waals surface area contributed by atoms with E-state index < -0.39 is 17.1 Å². The normalized spacial score (nSPS) is 10.1. The van der Waals surface area contributed by atoms with E-state index in [1.54, 1.807) is 25.1 Å². The van der Waals surface area contributed by atoms with Crippen LogP contribution in [0.15, 0.2) is 39.7 Å². The van der Waals surface area contributed by atoms with Crippen LogP contribution in [0.25, 0.3) is 0 Å². The van der Waals surface area contributed by atoms with Gasteiger partial charge in [0.2, 0.25) is 5.43 Å². The predicted molar refractivity (Wildman–Crippen MR) is 69.3 cm³/mol. The number of methoxy groups -OCH3 is 1. The van der Waals surface area contributed by atoms with Crippen LogP contribution in [0, 0.1) is 6.92 Å². The Kier molecular flexibility index (Phi) is 3.74. The van der Waals surface area contributed by atoms with Crippen molar-refractivity contribution in [2.75, 3.05) is 7.11 Å². The zero-order valence-corrected chi connectivity index (χ0v) is 10.9. The fourth-order valence-corrected chi connectivity index (χ4v) is 1.58. The van der Waals surface area contributed by atoms with Gasteiger partial charge < -0.3 is 19.0 Å². The first kappa shape index (κ1) is 13.7. The lowest BCUT2D eigenvalue weighted by molar-refractivity contribution is 0.0688. The molecule has 0 aliphatic carbocycles. The van der Waals surface area contributed by atoms with Crippen LogP contribution in [0.3, 0.4) is 0 Å². The molecule has 0 fully saturated rings. The average Bonchev–Trinajstić information content (AvgIpc) is 2.42. The summed E-state index contributed by atoms with van der Waals surface area (Å²) in [5.74, 6) is -0.882. The predicted octanol–water partition coefficient (Wildman–Crippen LogP) is 1.88. The molecule has 0 saturated carbocycles. The standard InChI is InChI=1S/C14H12O6/c1-8-5-9(18-2)3-4-10(8)14(17)20-13-6-11(15)12(16)7-19-13/h3-7,16H,1-2H3. The molecule has 0 aliphatic heterocycles. The summed E-state index contributed by atoms with van der Waals surface area (Å²) in [5, 5.41) is 9.04. The Bertz CT molecular complexity index is 701. The third-order valence-electron chi connectivity index (χ3n) is 2.63. The number of benzene rings is 1. The van der Waals surface area contributed by atoms with Crippen molar-refractivity contribution in [3.8, 4) is 17.4 Å². The molecule has 1 aromatic heterocycles. The number of esters is 1. The van der Waals surface area contributed by atoms with Crippen molar-refractivity contribution >= 4 is 5.97 Å². The van der Waals surface area contributed by atoms with E-state index in [0.29, 0.717) is 16.9 Å². The third kappa shape index (κ3) is 2.80. The largest absolute Gasteiger partial charge is 0.502 e. The van der Waals surface area contributed by atoms with Gasteiger partial charge in [-0.3, -0.25) is 4.79 Å². The lowest BCUT2D eigenvalue weighted by Crippen LogP contribution is -2.11. The SMILES string of the molecule is COc1ccc(C(=O)Oc2cc(=O)c(O)co2)c(C)c1. The number of aryl methyl sites for hydroxylation is 1. The van der Waals surface area contributed by atoms with Crippen LogP contribution in [0.2, 0.25) is 0 Å². The molecule has 0 spiro atoms. The van der Waals surface area contributed by atoms with Gasteiger partial charge in [0, 0.05) is 0 Å². The Hall–Kier alpha value is -2.76. The van der Waals surface area contributed by atoms with E-state index in [9.17, 15) is 9.59 Å². The lowest BCUT2D eigenvalue weighted by atomic mass is 10.1. The number of carbonyl (C=O) groups is 1. The van der Waals surface area contributed by atoms with Crippen molar-refractivity contribution in [3.05, 3.63) is 51.9 Å². The van der Waals surface area contributed by atoms with Gasteiger partial charge in [-0.25, -0.2) is 4.79 Å². The van der Waals surface area contributed by atoms with Gasteiger partial charge in [0.1, 0.15) is 12.0 Å². The molecule has 0 unspecified atom stereocenters. The molecule has 0 saturated heterocycles. The molecule has 0 amide bonds. The number of aromatic hydroxyl groups is 1. The summed E-state index contributed by atoms with van der Waals surface area (Å²) in [6.45, 7) is 1.73. The van der Waals surface area contributed by atoms with Crippen molar-refractivity contribution in [1.82, 2.24) is 0 Å². The van der Waals surface area contributed by atoms with E-state index in [0.717, 1.165) is 12.3 Å². The summed E-state index contributed by atoms with van der Waals surface area (Å²) in [5.41, 5.74) is 0.294. The minimum atomic E-state index is -0.689. The van der Waals surface area contributed by atoms with Crippen LogP contribution >= 0.6 is 0 Å². The molecule has 0 atom stereocenters. The summed E-state index contributed by atoms with van der Waals surface area (Å²) in [4.78, 5) is 23.1. The van der Waals surface area contributed by atoms with Crippen LogP contribution in [0.4, 0.5) is 0 Å². The van der Waals surface area contributed by atoms with Crippen LogP contribution < -0.4 is 14.9 Å². The Morgan fingerprint density at radius 1 is 1.30 bits per heavy atom. The molecule has 0 radical (unpaired) electrons. The number of rotatable bonds is 3. The Morgan fingerprint density at radius 3 is 2.65 bits per heavy atom. The Labute approximate surface area is 114 Å². The first-order valence-electron chi connectivity index (χ1n) is 5.70. The van der Waals surface area contributed by atoms with Gasteiger partial charge in [-0.15, -0.1) is 0 Å². The van der Waals surface area contributed by atoms with E-state index in [1.807, 2.05) is 0 Å². The number of carbonyl (C=O) groups excluding carboxylic acids is 1. The third-order valence-corrected chi connectivity index (χ3v) is 2.63. The van der Waals surface area contributed by atoms with E-state index in [4.69, 9.17) is 19.0 Å². The molecule has 0 aliphatic rings. The van der Waals surface area contributed by atoms with Crippen molar-refractivity contribution in [2.45, 2.75) is 6.92 Å². The molecule has 1 heterocycles. The maximum atomic E-state index is 11.9. The van der Waals surface area contributed by atoms with Gasteiger partial charge in [-0.1, -0.05) is 0 Å². The highest BCUT2D eigenvalue weighted by molar-refractivity contribution is 5.92. The van der Waals surface area contributed by atoms with Crippen LogP contribution in [-0.4, -0.2) is 18.2 Å². The van der Waals surface area contributed by atoms with Crippen LogP contribution in [-0.2, 0) is 0 Å². The van der Waals surface area contributed by atoms with Crippen LogP contribution in [0.5, 0.6) is 17.4 Å². The molecular weight excluding hydrogens is 264 g/mol. The number of hydrogen-bond donors (Lipinski definition) is 1. The maximum Gasteiger partial charge on any atom is 0.346 e. The van der Waals surface area contributed by atoms with Gasteiger partial charge in [-0.05, 0) is 30.7 Å². The number of ether oxygens (including phenoxy) is 2. The second-order valence-corrected chi connectivity index (χ2v) is 4.02. The summed E-state index contributed by atoms with van der Waals surface area (Å²) < 4.78 is 14.8. The van der Waals surface area contributed by atoms with Crippen molar-refractivity contribution in [2.24, 2.45) is 0 Å². The lowest BCUT2D eigenvalue weighted by Gasteiger charge is -2.07. The van der Waals surface area contributed by atoms with E-state index in [1.165, 1.54) is 7.11 Å². The zero-order valence-electron chi connectivity index (χ0n) is 10.9. The van der Waals surface area contributed by atoms with Crippen molar-refractivity contribution in [1.29, 1.82) is 0 Å². The monoisotopic (exact) mass is 276 g/mol. The molecule has 1 aromatic carbocycles. The van der Waals surface area contributed by atoms with Crippen molar-refractivity contribution < 1.29 is 23.8 Å². The first-order chi connectivity index (χ1) is 9.51. The highest BCUT2D eigenvalue weighted by Gasteiger charge is 2.14. The molecule has 6 nitrogen and oxygen atoms in total. The topological polar surface area (TPSA) is 86.0 Å². The molecule has 0 bridgehead atoms. The van der Waals surface area contributed by atoms with E-state index >= 15 is 0 Å². The van der Waals surface area contributed by atoms with Crippen molar-refractivity contribution in [3.63, 3.8) is 0 Å². The summed E-state index contributed by atoms with van der Waals surface area (Å²) in [7, 11) is 1.53. The van der Waals surface area contributed by atoms with Crippen LogP contribution in [0.1, 0.15) is 15.9 Å². The Balaban J connectivity index is 2.23. The van der Waals surface area contributed by atoms with Gasteiger partial charge in [0.05, 0.1) is 18.7 Å². The van der Waals surface area contributed by atoms with Gasteiger partial charge >= 0.3 is 5.97 Å². The average molecular weight is 276 g/mol. The highest BCUT2D eigenvalue weighted by Crippen LogP contribution is 2.19. The smallest absolute Gasteiger partial charge is 0.346 e. The fourth-order valence-electron chi connectivity index (χ4n) is 1.58. The molecular formula is C14H12O6. The minimum Gasteiger partial charge on any atom is -0.502 e. The van der Waals surface area contributed by atoms with Gasteiger partial charge in [0.15, 0.2) is 5.75 Å². The summed E-state index contributed by atoms with van der Waals surface area (Å²) >= 11 is 0. The fraction of sp³-hybridized carbons (Fsp3) is 0.143. The first-order valence-corrected chi connectivity index (χ1v) is 5.70. The van der Waals surface area contributed by atoms with E-state index in [-0.39, 0.29) is 5.95 Å². The molecule has 1 N–H and O–H groups in total. The second-order valence-electron chi connectivity index (χ2n) is 4.02. The van der Waals surface area contributed by atoms with E-state index in [2.05, 4.69) is 0 Å².